The number of rotatable bonds is 6. The van der Waals surface area contributed by atoms with Crippen molar-refractivity contribution in [2.45, 2.75) is 20.3 Å². The number of hydrogen-bond donors (Lipinski definition) is 0. The molecule has 4 nitrogen and oxygen atoms in total. The van der Waals surface area contributed by atoms with Gasteiger partial charge in [0, 0.05) is 18.1 Å². The van der Waals surface area contributed by atoms with Gasteiger partial charge in [-0.05, 0) is 19.4 Å². The fraction of sp³-hybridized carbons (Fsp3) is 0.333. The molecule has 0 N–H and O–H groups in total. The summed E-state index contributed by atoms with van der Waals surface area (Å²) in [6.07, 6.45) is 1.55. The van der Waals surface area contributed by atoms with Crippen molar-refractivity contribution in [2.24, 2.45) is 0 Å². The molecule has 0 aromatic heterocycles. The predicted molar refractivity (Wildman–Crippen MR) is 71.5 cm³/mol. The van der Waals surface area contributed by atoms with Crippen molar-refractivity contribution in [2.75, 3.05) is 13.2 Å². The second kappa shape index (κ2) is 8.08. The molecule has 0 aliphatic carbocycles. The summed E-state index contributed by atoms with van der Waals surface area (Å²) in [6.45, 7) is 3.99. The number of hydrogen-bond acceptors (Lipinski definition) is 4. The van der Waals surface area contributed by atoms with Crippen LogP contribution in [0.2, 0.25) is 0 Å². The quantitative estimate of drug-likeness (QED) is 0.583. The van der Waals surface area contributed by atoms with Crippen molar-refractivity contribution < 1.29 is 19.1 Å². The largest absolute Gasteiger partial charge is 0.463 e. The monoisotopic (exact) mass is 262 g/mol. The molecule has 19 heavy (non-hydrogen) atoms. The van der Waals surface area contributed by atoms with Crippen molar-refractivity contribution in [3.8, 4) is 0 Å². The molecule has 0 unspecified atom stereocenters. The first-order valence-electron chi connectivity index (χ1n) is 6.25. The Morgan fingerprint density at radius 1 is 1.05 bits per heavy atom. The maximum absolute atomic E-state index is 11.8. The highest BCUT2D eigenvalue weighted by Crippen LogP contribution is 2.10. The molecule has 0 atom stereocenters. The first-order chi connectivity index (χ1) is 9.17. The molecule has 0 amide bonds. The van der Waals surface area contributed by atoms with Gasteiger partial charge in [-0.25, -0.2) is 9.59 Å². The highest BCUT2D eigenvalue weighted by Gasteiger charge is 2.13. The lowest BCUT2D eigenvalue weighted by molar-refractivity contribution is -0.141. The Labute approximate surface area is 113 Å². The number of benzene rings is 1. The minimum absolute atomic E-state index is 0.272. The molecule has 102 valence electrons. The molecule has 0 fully saturated rings. The molecule has 4 heteroatoms. The van der Waals surface area contributed by atoms with Crippen LogP contribution in [0.5, 0.6) is 0 Å². The highest BCUT2D eigenvalue weighted by atomic mass is 16.5. The number of ether oxygens (including phenoxy) is 2. The summed E-state index contributed by atoms with van der Waals surface area (Å²) in [5.74, 6) is -1.01. The lowest BCUT2D eigenvalue weighted by atomic mass is 10.1. The molecule has 0 spiro atoms. The lowest BCUT2D eigenvalue weighted by Crippen LogP contribution is -2.13. The summed E-state index contributed by atoms with van der Waals surface area (Å²) in [6, 6.07) is 9.42. The van der Waals surface area contributed by atoms with E-state index in [-0.39, 0.29) is 13.2 Å². The smallest absolute Gasteiger partial charge is 0.334 e. The molecule has 1 aromatic carbocycles. The molecule has 0 radical (unpaired) electrons. The van der Waals surface area contributed by atoms with E-state index in [9.17, 15) is 9.59 Å². The molecule has 0 saturated carbocycles. The normalized spacial score (nSPS) is 10.9. The Kier molecular flexibility index (Phi) is 6.36. The van der Waals surface area contributed by atoms with Crippen LogP contribution in [0.1, 0.15) is 19.4 Å². The van der Waals surface area contributed by atoms with E-state index >= 15 is 0 Å². The average Bonchev–Trinajstić information content (AvgIpc) is 2.40. The summed E-state index contributed by atoms with van der Waals surface area (Å²) in [5, 5.41) is 0. The zero-order valence-corrected chi connectivity index (χ0v) is 11.2. The standard InChI is InChI=1S/C15H18O4/c1-3-18-14(16)11-13(15(17)19-4-2)10-12-8-6-5-7-9-12/h5-9,11H,3-4,10H2,1-2H3/b13-11+. The third-order valence-electron chi connectivity index (χ3n) is 2.35. The Bertz CT molecular complexity index is 448. The number of carbonyl (C=O) groups excluding carboxylic acids is 2. The van der Waals surface area contributed by atoms with E-state index in [0.717, 1.165) is 5.56 Å². The van der Waals surface area contributed by atoms with Crippen LogP contribution in [-0.4, -0.2) is 25.2 Å². The van der Waals surface area contributed by atoms with E-state index < -0.39 is 11.9 Å². The summed E-state index contributed by atoms with van der Waals surface area (Å²) in [7, 11) is 0. The van der Waals surface area contributed by atoms with Crippen molar-refractivity contribution in [3.63, 3.8) is 0 Å². The molecule has 0 aliphatic heterocycles. The van der Waals surface area contributed by atoms with Crippen LogP contribution in [0.3, 0.4) is 0 Å². The second-order valence-electron chi connectivity index (χ2n) is 3.80. The first-order valence-corrected chi connectivity index (χ1v) is 6.25. The van der Waals surface area contributed by atoms with E-state index in [0.29, 0.717) is 12.0 Å². The Morgan fingerprint density at radius 3 is 2.26 bits per heavy atom. The molecule has 1 rings (SSSR count). The molecule has 0 heterocycles. The minimum atomic E-state index is -0.526. The SMILES string of the molecule is CCOC(=O)/C=C(\Cc1ccccc1)C(=O)OCC. The predicted octanol–water partition coefficient (Wildman–Crippen LogP) is 2.28. The molecular formula is C15H18O4. The molecule has 0 aliphatic rings. The molecule has 0 saturated heterocycles. The number of esters is 2. The van der Waals surface area contributed by atoms with Gasteiger partial charge in [-0.15, -0.1) is 0 Å². The maximum atomic E-state index is 11.8. The molecule has 1 aromatic rings. The van der Waals surface area contributed by atoms with Crippen molar-refractivity contribution in [3.05, 3.63) is 47.5 Å². The van der Waals surface area contributed by atoms with Crippen LogP contribution in [0.4, 0.5) is 0 Å². The van der Waals surface area contributed by atoms with Crippen molar-refractivity contribution in [1.29, 1.82) is 0 Å². The third-order valence-corrected chi connectivity index (χ3v) is 2.35. The summed E-state index contributed by atoms with van der Waals surface area (Å²) in [4.78, 5) is 23.2. The van der Waals surface area contributed by atoms with Gasteiger partial charge in [0.1, 0.15) is 0 Å². The highest BCUT2D eigenvalue weighted by molar-refractivity contribution is 5.96. The summed E-state index contributed by atoms with van der Waals surface area (Å²) >= 11 is 0. The molecule has 0 bridgehead atoms. The van der Waals surface area contributed by atoms with Gasteiger partial charge in [-0.1, -0.05) is 30.3 Å². The number of carbonyl (C=O) groups is 2. The van der Waals surface area contributed by atoms with Gasteiger partial charge in [0.15, 0.2) is 0 Å². The van der Waals surface area contributed by atoms with E-state index in [4.69, 9.17) is 9.47 Å². The molecular weight excluding hydrogens is 244 g/mol. The fourth-order valence-corrected chi connectivity index (χ4v) is 1.55. The van der Waals surface area contributed by atoms with Gasteiger partial charge in [-0.2, -0.15) is 0 Å². The van der Waals surface area contributed by atoms with Crippen LogP contribution in [0.15, 0.2) is 42.0 Å². The van der Waals surface area contributed by atoms with E-state index in [1.165, 1.54) is 6.08 Å². The first kappa shape index (κ1) is 15.0. The van der Waals surface area contributed by atoms with Crippen LogP contribution in [0.25, 0.3) is 0 Å². The lowest BCUT2D eigenvalue weighted by Gasteiger charge is -2.07. The Balaban J connectivity index is 2.86. The van der Waals surface area contributed by atoms with E-state index in [1.54, 1.807) is 13.8 Å². The van der Waals surface area contributed by atoms with Crippen LogP contribution in [-0.2, 0) is 25.5 Å². The van der Waals surface area contributed by atoms with Gasteiger partial charge in [0.2, 0.25) is 0 Å². The van der Waals surface area contributed by atoms with Gasteiger partial charge in [0.25, 0.3) is 0 Å². The Morgan fingerprint density at radius 2 is 1.68 bits per heavy atom. The van der Waals surface area contributed by atoms with E-state index in [1.807, 2.05) is 30.3 Å². The summed E-state index contributed by atoms with van der Waals surface area (Å²) < 4.78 is 9.76. The van der Waals surface area contributed by atoms with E-state index in [2.05, 4.69) is 0 Å². The zero-order valence-electron chi connectivity index (χ0n) is 11.2. The fourth-order valence-electron chi connectivity index (χ4n) is 1.55. The van der Waals surface area contributed by atoms with Crippen molar-refractivity contribution >= 4 is 11.9 Å². The minimum Gasteiger partial charge on any atom is -0.463 e. The summed E-state index contributed by atoms with van der Waals surface area (Å²) in [5.41, 5.74) is 1.23. The van der Waals surface area contributed by atoms with Crippen LogP contribution >= 0.6 is 0 Å². The maximum Gasteiger partial charge on any atom is 0.334 e. The van der Waals surface area contributed by atoms with Crippen molar-refractivity contribution in [1.82, 2.24) is 0 Å². The van der Waals surface area contributed by atoms with Gasteiger partial charge in [0.05, 0.1) is 13.2 Å². The zero-order chi connectivity index (χ0) is 14.1. The van der Waals surface area contributed by atoms with Gasteiger partial charge in [-0.3, -0.25) is 0 Å². The second-order valence-corrected chi connectivity index (χ2v) is 3.80. The van der Waals surface area contributed by atoms with Crippen LogP contribution < -0.4 is 0 Å². The topological polar surface area (TPSA) is 52.6 Å². The van der Waals surface area contributed by atoms with Gasteiger partial charge < -0.3 is 9.47 Å². The van der Waals surface area contributed by atoms with Crippen LogP contribution in [0, 0.1) is 0 Å². The van der Waals surface area contributed by atoms with Gasteiger partial charge >= 0.3 is 11.9 Å². The Hall–Kier alpha value is -2.10. The third kappa shape index (κ3) is 5.38. The average molecular weight is 262 g/mol.